The first-order valence-electron chi connectivity index (χ1n) is 11.8. The van der Waals surface area contributed by atoms with Crippen molar-refractivity contribution in [2.45, 2.75) is 31.5 Å². The Morgan fingerprint density at radius 3 is 2.15 bits per heavy atom. The Morgan fingerprint density at radius 1 is 0.909 bits per heavy atom. The van der Waals surface area contributed by atoms with Crippen molar-refractivity contribution in [3.8, 4) is 0 Å². The number of hydrogen-bond donors (Lipinski definition) is 1. The molecule has 0 saturated carbocycles. The van der Waals surface area contributed by atoms with Crippen LogP contribution in [0.3, 0.4) is 0 Å². The van der Waals surface area contributed by atoms with Crippen molar-refractivity contribution >= 4 is 12.0 Å². The fourth-order valence-corrected chi connectivity index (χ4v) is 4.67. The molecule has 7 nitrogen and oxygen atoms in total. The van der Waals surface area contributed by atoms with E-state index in [0.717, 1.165) is 37.3 Å². The minimum absolute atomic E-state index is 0.0825. The largest absolute Gasteiger partial charge is 0.445 e. The smallest absolute Gasteiger partial charge is 0.408 e. The Balaban J connectivity index is 1.35. The molecule has 0 aliphatic carbocycles. The monoisotopic (exact) mass is 450 g/mol. The number of likely N-dealkylation sites (tertiary alicyclic amines) is 1. The molecule has 1 N–H and O–H groups in total. The first-order valence-corrected chi connectivity index (χ1v) is 11.8. The van der Waals surface area contributed by atoms with E-state index in [2.05, 4.69) is 22.2 Å². The van der Waals surface area contributed by atoms with Gasteiger partial charge in [0.25, 0.3) is 0 Å². The molecule has 2 aromatic rings. The van der Waals surface area contributed by atoms with Gasteiger partial charge in [0.15, 0.2) is 0 Å². The highest BCUT2D eigenvalue weighted by Crippen LogP contribution is 2.21. The zero-order valence-corrected chi connectivity index (χ0v) is 19.4. The summed E-state index contributed by atoms with van der Waals surface area (Å²) < 4.78 is 5.39. The van der Waals surface area contributed by atoms with Crippen LogP contribution in [0.2, 0.25) is 0 Å². The van der Waals surface area contributed by atoms with Crippen molar-refractivity contribution in [3.63, 3.8) is 0 Å². The Hall–Kier alpha value is -2.90. The molecule has 2 amide bonds. The lowest BCUT2D eigenvalue weighted by molar-refractivity contribution is -0.135. The summed E-state index contributed by atoms with van der Waals surface area (Å²) >= 11 is 0. The summed E-state index contributed by atoms with van der Waals surface area (Å²) in [6.45, 7) is 5.53. The average Bonchev–Trinajstić information content (AvgIpc) is 2.87. The lowest BCUT2D eigenvalue weighted by Crippen LogP contribution is -2.55. The van der Waals surface area contributed by atoms with Crippen molar-refractivity contribution in [1.82, 2.24) is 20.0 Å². The van der Waals surface area contributed by atoms with Gasteiger partial charge in [-0.25, -0.2) is 4.79 Å². The fourth-order valence-electron chi connectivity index (χ4n) is 4.67. The number of nitrogens with one attached hydrogen (secondary N) is 1. The first-order chi connectivity index (χ1) is 16.1. The zero-order chi connectivity index (χ0) is 23.0. The van der Waals surface area contributed by atoms with Gasteiger partial charge < -0.3 is 19.9 Å². The summed E-state index contributed by atoms with van der Waals surface area (Å²) in [5.41, 5.74) is 1.66. The van der Waals surface area contributed by atoms with Gasteiger partial charge in [-0.3, -0.25) is 9.69 Å². The standard InChI is InChI=1S/C26H34N4O3/c1-28-14-12-23(13-15-28)29-16-18-30(19-17-29)25(31)24(22-10-6-3-7-11-22)27-26(32)33-20-21-8-4-2-5-9-21/h2-11,23-24H,12-20H2,1H3,(H,27,32)/t24-/m1/s1. The molecular formula is C26H34N4O3. The second-order valence-electron chi connectivity index (χ2n) is 8.95. The van der Waals surface area contributed by atoms with Crippen LogP contribution >= 0.6 is 0 Å². The molecule has 0 bridgehead atoms. The molecular weight excluding hydrogens is 416 g/mol. The number of amides is 2. The van der Waals surface area contributed by atoms with Gasteiger partial charge in [-0.2, -0.15) is 0 Å². The highest BCUT2D eigenvalue weighted by atomic mass is 16.5. The van der Waals surface area contributed by atoms with E-state index in [-0.39, 0.29) is 12.5 Å². The SMILES string of the molecule is CN1CCC(N2CCN(C(=O)[C@H](NC(=O)OCc3ccccc3)c3ccccc3)CC2)CC1. The molecule has 2 saturated heterocycles. The minimum atomic E-state index is -0.760. The number of rotatable bonds is 6. The highest BCUT2D eigenvalue weighted by molar-refractivity contribution is 5.87. The summed E-state index contributed by atoms with van der Waals surface area (Å²) in [4.78, 5) is 32.8. The van der Waals surface area contributed by atoms with Crippen molar-refractivity contribution in [1.29, 1.82) is 0 Å². The van der Waals surface area contributed by atoms with Crippen LogP contribution in [-0.4, -0.2) is 79.1 Å². The maximum atomic E-state index is 13.5. The van der Waals surface area contributed by atoms with Crippen molar-refractivity contribution in [2.75, 3.05) is 46.3 Å². The molecule has 2 aliphatic rings. The van der Waals surface area contributed by atoms with E-state index in [0.29, 0.717) is 19.1 Å². The maximum absolute atomic E-state index is 13.5. The summed E-state index contributed by atoms with van der Waals surface area (Å²) in [6, 6.07) is 18.8. The first kappa shape index (κ1) is 23.3. The minimum Gasteiger partial charge on any atom is -0.445 e. The van der Waals surface area contributed by atoms with Gasteiger partial charge in [-0.15, -0.1) is 0 Å². The van der Waals surface area contributed by atoms with E-state index in [1.165, 1.54) is 12.8 Å². The van der Waals surface area contributed by atoms with Crippen LogP contribution in [-0.2, 0) is 16.1 Å². The van der Waals surface area contributed by atoms with Gasteiger partial charge in [0, 0.05) is 32.2 Å². The van der Waals surface area contributed by atoms with E-state index >= 15 is 0 Å². The summed E-state index contributed by atoms with van der Waals surface area (Å²) in [5, 5.41) is 2.81. The molecule has 0 aromatic heterocycles. The van der Waals surface area contributed by atoms with Crippen LogP contribution in [0.1, 0.15) is 30.0 Å². The van der Waals surface area contributed by atoms with Crippen LogP contribution in [0, 0.1) is 0 Å². The molecule has 2 heterocycles. The quantitative estimate of drug-likeness (QED) is 0.733. The summed E-state index contributed by atoms with van der Waals surface area (Å²) in [7, 11) is 2.18. The zero-order valence-electron chi connectivity index (χ0n) is 19.4. The summed E-state index contributed by atoms with van der Waals surface area (Å²) in [6.07, 6.45) is 1.78. The molecule has 7 heteroatoms. The molecule has 0 radical (unpaired) electrons. The lowest BCUT2D eigenvalue weighted by atomic mass is 10.0. The van der Waals surface area contributed by atoms with Crippen LogP contribution in [0.4, 0.5) is 4.79 Å². The molecule has 176 valence electrons. The number of benzene rings is 2. The van der Waals surface area contributed by atoms with Gasteiger partial charge in [-0.05, 0) is 44.1 Å². The van der Waals surface area contributed by atoms with Crippen molar-refractivity contribution < 1.29 is 14.3 Å². The highest BCUT2D eigenvalue weighted by Gasteiger charge is 2.32. The number of nitrogens with zero attached hydrogens (tertiary/aromatic N) is 3. The van der Waals surface area contributed by atoms with E-state index in [1.54, 1.807) is 0 Å². The van der Waals surface area contributed by atoms with E-state index in [9.17, 15) is 9.59 Å². The number of hydrogen-bond acceptors (Lipinski definition) is 5. The van der Waals surface area contributed by atoms with Crippen molar-refractivity contribution in [2.24, 2.45) is 0 Å². The van der Waals surface area contributed by atoms with Crippen molar-refractivity contribution in [3.05, 3.63) is 71.8 Å². The van der Waals surface area contributed by atoms with Crippen LogP contribution in [0.15, 0.2) is 60.7 Å². The third kappa shape index (κ3) is 6.33. The number of carbonyl (C=O) groups is 2. The van der Waals surface area contributed by atoms with Gasteiger partial charge >= 0.3 is 6.09 Å². The second-order valence-corrected chi connectivity index (χ2v) is 8.95. The Morgan fingerprint density at radius 2 is 1.52 bits per heavy atom. The van der Waals surface area contributed by atoms with Gasteiger partial charge in [0.2, 0.25) is 5.91 Å². The second kappa shape index (κ2) is 11.3. The fraction of sp³-hybridized carbons (Fsp3) is 0.462. The molecule has 2 aromatic carbocycles. The van der Waals surface area contributed by atoms with Gasteiger partial charge in [0.05, 0.1) is 0 Å². The molecule has 0 unspecified atom stereocenters. The van der Waals surface area contributed by atoms with Crippen LogP contribution in [0.5, 0.6) is 0 Å². The molecule has 33 heavy (non-hydrogen) atoms. The van der Waals surface area contributed by atoms with Gasteiger partial charge in [-0.1, -0.05) is 60.7 Å². The number of piperidine rings is 1. The molecule has 1 atom stereocenters. The van der Waals surface area contributed by atoms with Crippen LogP contribution < -0.4 is 5.32 Å². The molecule has 2 fully saturated rings. The third-order valence-corrected chi connectivity index (χ3v) is 6.69. The molecule has 4 rings (SSSR count). The third-order valence-electron chi connectivity index (χ3n) is 6.69. The van der Waals surface area contributed by atoms with E-state index in [1.807, 2.05) is 65.6 Å². The van der Waals surface area contributed by atoms with E-state index < -0.39 is 12.1 Å². The lowest BCUT2D eigenvalue weighted by Gasteiger charge is -2.42. The Labute approximate surface area is 196 Å². The number of carbonyl (C=O) groups excluding carboxylic acids is 2. The molecule has 2 aliphatic heterocycles. The number of piperazine rings is 1. The Kier molecular flexibility index (Phi) is 7.96. The van der Waals surface area contributed by atoms with Crippen LogP contribution in [0.25, 0.3) is 0 Å². The van der Waals surface area contributed by atoms with E-state index in [4.69, 9.17) is 4.74 Å². The predicted molar refractivity (Wildman–Crippen MR) is 128 cm³/mol. The maximum Gasteiger partial charge on any atom is 0.408 e. The topological polar surface area (TPSA) is 65.1 Å². The predicted octanol–water partition coefficient (Wildman–Crippen LogP) is 2.89. The number of alkyl carbamates (subject to hydrolysis) is 1. The van der Waals surface area contributed by atoms with Gasteiger partial charge in [0.1, 0.15) is 12.6 Å². The summed E-state index contributed by atoms with van der Waals surface area (Å²) in [5.74, 6) is -0.0825. The average molecular weight is 451 g/mol. The Bertz CT molecular complexity index is 892. The number of ether oxygens (including phenoxy) is 1. The normalized spacial score (nSPS) is 19.1. The molecule has 0 spiro atoms.